The van der Waals surface area contributed by atoms with Gasteiger partial charge >= 0.3 is 0 Å². The van der Waals surface area contributed by atoms with Gasteiger partial charge in [0, 0.05) is 32.4 Å². The van der Waals surface area contributed by atoms with Crippen molar-refractivity contribution in [2.75, 3.05) is 31.7 Å². The van der Waals surface area contributed by atoms with Crippen LogP contribution in [0.15, 0.2) is 36.5 Å². The molecule has 5 heteroatoms. The van der Waals surface area contributed by atoms with Crippen LogP contribution < -0.4 is 19.7 Å². The van der Waals surface area contributed by atoms with Crippen molar-refractivity contribution in [3.8, 4) is 11.5 Å². The van der Waals surface area contributed by atoms with Gasteiger partial charge in [-0.2, -0.15) is 0 Å². The van der Waals surface area contributed by atoms with E-state index in [0.717, 1.165) is 30.4 Å². The molecule has 0 fully saturated rings. The number of hydrogen-bond acceptors (Lipinski definition) is 5. The average Bonchev–Trinajstić information content (AvgIpc) is 2.65. The Morgan fingerprint density at radius 2 is 1.96 bits per heavy atom. The average molecular weight is 327 g/mol. The summed E-state index contributed by atoms with van der Waals surface area (Å²) >= 11 is 0. The molecule has 0 bridgehead atoms. The van der Waals surface area contributed by atoms with E-state index in [1.165, 1.54) is 11.1 Å². The molecule has 0 radical (unpaired) electrons. The summed E-state index contributed by atoms with van der Waals surface area (Å²) < 4.78 is 11.2. The molecule has 1 aliphatic rings. The van der Waals surface area contributed by atoms with Crippen LogP contribution in [0.25, 0.3) is 0 Å². The fourth-order valence-electron chi connectivity index (χ4n) is 2.63. The number of rotatable bonds is 6. The second-order valence-electron chi connectivity index (χ2n) is 6.04. The maximum atomic E-state index is 5.66. The van der Waals surface area contributed by atoms with Crippen molar-refractivity contribution in [1.82, 2.24) is 10.3 Å². The van der Waals surface area contributed by atoms with Gasteiger partial charge in [0.1, 0.15) is 19.0 Å². The van der Waals surface area contributed by atoms with E-state index in [1.54, 1.807) is 0 Å². The highest BCUT2D eigenvalue weighted by Gasteiger charge is 2.14. The van der Waals surface area contributed by atoms with Crippen LogP contribution in [0.2, 0.25) is 0 Å². The van der Waals surface area contributed by atoms with Gasteiger partial charge in [-0.25, -0.2) is 4.98 Å². The number of hydrogen-bond donors (Lipinski definition) is 1. The van der Waals surface area contributed by atoms with Crippen LogP contribution in [0.4, 0.5) is 5.82 Å². The minimum atomic E-state index is 0.221. The van der Waals surface area contributed by atoms with Gasteiger partial charge in [-0.05, 0) is 43.2 Å². The number of nitrogens with zero attached hydrogens (tertiary/aromatic N) is 2. The normalized spacial score (nSPS) is 14.3. The monoisotopic (exact) mass is 327 g/mol. The lowest BCUT2D eigenvalue weighted by Crippen LogP contribution is -2.20. The molecule has 3 rings (SSSR count). The maximum Gasteiger partial charge on any atom is 0.161 e. The molecule has 0 saturated heterocycles. The molecule has 0 aliphatic carbocycles. The minimum Gasteiger partial charge on any atom is -0.486 e. The van der Waals surface area contributed by atoms with Crippen molar-refractivity contribution in [3.63, 3.8) is 0 Å². The van der Waals surface area contributed by atoms with E-state index < -0.39 is 0 Å². The van der Waals surface area contributed by atoms with Crippen LogP contribution in [0.3, 0.4) is 0 Å². The second kappa shape index (κ2) is 7.53. The molecule has 0 spiro atoms. The highest BCUT2D eigenvalue weighted by atomic mass is 16.6. The van der Waals surface area contributed by atoms with E-state index in [0.29, 0.717) is 13.2 Å². The van der Waals surface area contributed by atoms with Crippen molar-refractivity contribution < 1.29 is 9.47 Å². The highest BCUT2D eigenvalue weighted by molar-refractivity contribution is 5.44. The number of anilines is 1. The SMILES string of the molecule is CCN(C)c1ccc(CNC(C)c2ccc3c(c2)OCCO3)cn1. The summed E-state index contributed by atoms with van der Waals surface area (Å²) in [5, 5.41) is 3.53. The Balaban J connectivity index is 1.60. The van der Waals surface area contributed by atoms with Gasteiger partial charge in [-0.1, -0.05) is 12.1 Å². The van der Waals surface area contributed by atoms with E-state index in [4.69, 9.17) is 9.47 Å². The third kappa shape index (κ3) is 3.79. The zero-order chi connectivity index (χ0) is 16.9. The van der Waals surface area contributed by atoms with Crippen LogP contribution in [0, 0.1) is 0 Å². The number of nitrogens with one attached hydrogen (secondary N) is 1. The summed E-state index contributed by atoms with van der Waals surface area (Å²) in [5.41, 5.74) is 2.36. The summed E-state index contributed by atoms with van der Waals surface area (Å²) in [5.74, 6) is 2.67. The Bertz CT molecular complexity index is 673. The molecule has 0 saturated carbocycles. The van der Waals surface area contributed by atoms with E-state index in [1.807, 2.05) is 19.3 Å². The van der Waals surface area contributed by atoms with Crippen molar-refractivity contribution in [2.24, 2.45) is 0 Å². The van der Waals surface area contributed by atoms with Crippen LogP contribution in [0.5, 0.6) is 11.5 Å². The van der Waals surface area contributed by atoms with Gasteiger partial charge in [0.2, 0.25) is 0 Å². The largest absolute Gasteiger partial charge is 0.486 e. The van der Waals surface area contributed by atoms with Crippen LogP contribution in [-0.4, -0.2) is 31.8 Å². The van der Waals surface area contributed by atoms with Gasteiger partial charge in [0.05, 0.1) is 0 Å². The first-order chi connectivity index (χ1) is 11.7. The molecule has 2 aromatic rings. The van der Waals surface area contributed by atoms with Gasteiger partial charge in [0.25, 0.3) is 0 Å². The first-order valence-corrected chi connectivity index (χ1v) is 8.46. The lowest BCUT2D eigenvalue weighted by atomic mass is 10.1. The molecule has 24 heavy (non-hydrogen) atoms. The van der Waals surface area contributed by atoms with Crippen molar-refractivity contribution in [3.05, 3.63) is 47.7 Å². The first kappa shape index (κ1) is 16.6. The molecule has 1 aromatic heterocycles. The van der Waals surface area contributed by atoms with Gasteiger partial charge in [0.15, 0.2) is 11.5 Å². The van der Waals surface area contributed by atoms with E-state index in [9.17, 15) is 0 Å². The number of fused-ring (bicyclic) bond motifs is 1. The summed E-state index contributed by atoms with van der Waals surface area (Å²) in [6, 6.07) is 10.5. The minimum absolute atomic E-state index is 0.221. The molecule has 1 atom stereocenters. The molecule has 1 N–H and O–H groups in total. The number of aromatic nitrogens is 1. The Labute approximate surface area is 143 Å². The summed E-state index contributed by atoms with van der Waals surface area (Å²) in [4.78, 5) is 6.63. The lowest BCUT2D eigenvalue weighted by molar-refractivity contribution is 0.171. The molecule has 1 aromatic carbocycles. The Morgan fingerprint density at radius 1 is 1.17 bits per heavy atom. The Hall–Kier alpha value is -2.27. The van der Waals surface area contributed by atoms with Crippen LogP contribution >= 0.6 is 0 Å². The molecule has 0 amide bonds. The molecule has 1 unspecified atom stereocenters. The summed E-state index contributed by atoms with van der Waals surface area (Å²) in [6.07, 6.45) is 1.94. The molecule has 5 nitrogen and oxygen atoms in total. The Morgan fingerprint density at radius 3 is 2.67 bits per heavy atom. The van der Waals surface area contributed by atoms with Gasteiger partial charge in [-0.15, -0.1) is 0 Å². The maximum absolute atomic E-state index is 5.66. The fraction of sp³-hybridized carbons (Fsp3) is 0.421. The van der Waals surface area contributed by atoms with Crippen molar-refractivity contribution in [2.45, 2.75) is 26.4 Å². The highest BCUT2D eigenvalue weighted by Crippen LogP contribution is 2.32. The zero-order valence-electron chi connectivity index (χ0n) is 14.6. The smallest absolute Gasteiger partial charge is 0.161 e. The molecule has 2 heterocycles. The summed E-state index contributed by atoms with van der Waals surface area (Å²) in [7, 11) is 2.05. The van der Waals surface area contributed by atoms with E-state index in [2.05, 4.69) is 53.3 Å². The topological polar surface area (TPSA) is 46.6 Å². The fourth-order valence-corrected chi connectivity index (χ4v) is 2.63. The van der Waals surface area contributed by atoms with Crippen LogP contribution in [0.1, 0.15) is 31.0 Å². The third-order valence-corrected chi connectivity index (χ3v) is 4.35. The predicted molar refractivity (Wildman–Crippen MR) is 95.9 cm³/mol. The molecule has 1 aliphatic heterocycles. The van der Waals surface area contributed by atoms with Crippen LogP contribution in [-0.2, 0) is 6.54 Å². The third-order valence-electron chi connectivity index (χ3n) is 4.35. The zero-order valence-corrected chi connectivity index (χ0v) is 14.6. The van der Waals surface area contributed by atoms with Gasteiger partial charge < -0.3 is 19.7 Å². The van der Waals surface area contributed by atoms with Crippen molar-refractivity contribution >= 4 is 5.82 Å². The predicted octanol–water partition coefficient (Wildman–Crippen LogP) is 3.16. The second-order valence-corrected chi connectivity index (χ2v) is 6.04. The summed E-state index contributed by atoms with van der Waals surface area (Å²) in [6.45, 7) is 7.23. The number of benzene rings is 1. The molecular formula is C19H25N3O2. The Kier molecular flexibility index (Phi) is 5.20. The van der Waals surface area contributed by atoms with Crippen molar-refractivity contribution in [1.29, 1.82) is 0 Å². The van der Waals surface area contributed by atoms with Gasteiger partial charge in [-0.3, -0.25) is 0 Å². The van der Waals surface area contributed by atoms with E-state index in [-0.39, 0.29) is 6.04 Å². The lowest BCUT2D eigenvalue weighted by Gasteiger charge is -2.21. The number of ether oxygens (including phenoxy) is 2. The first-order valence-electron chi connectivity index (χ1n) is 8.46. The quantitative estimate of drug-likeness (QED) is 0.883. The molecule has 128 valence electrons. The molecular weight excluding hydrogens is 302 g/mol. The number of pyridine rings is 1. The van der Waals surface area contributed by atoms with E-state index >= 15 is 0 Å². The standard InChI is InChI=1S/C19H25N3O2/c1-4-22(3)19-8-5-15(13-21-19)12-20-14(2)16-6-7-17-18(11-16)24-10-9-23-17/h5-8,11,13-14,20H,4,9-10,12H2,1-3H3.